The summed E-state index contributed by atoms with van der Waals surface area (Å²) < 4.78 is 58.0. The normalized spacial score (nSPS) is 15.1. The largest absolute Gasteiger partial charge is 0.452 e. The van der Waals surface area contributed by atoms with Crippen LogP contribution < -0.4 is 0 Å². The van der Waals surface area contributed by atoms with Crippen molar-refractivity contribution in [3.8, 4) is 0 Å². The van der Waals surface area contributed by atoms with E-state index in [2.05, 4.69) is 0 Å². The van der Waals surface area contributed by atoms with Gasteiger partial charge < -0.3 is 9.64 Å². The van der Waals surface area contributed by atoms with Gasteiger partial charge in [-0.15, -0.1) is 0 Å². The van der Waals surface area contributed by atoms with Gasteiger partial charge in [0, 0.05) is 32.2 Å². The highest BCUT2D eigenvalue weighted by Crippen LogP contribution is 2.18. The van der Waals surface area contributed by atoms with Crippen LogP contribution in [0.25, 0.3) is 0 Å². The quantitative estimate of drug-likeness (QED) is 0.667. The fraction of sp³-hybridized carbons (Fsp3) is 0.300. The molecule has 1 saturated heterocycles. The lowest BCUT2D eigenvalue weighted by atomic mass is 10.2. The van der Waals surface area contributed by atoms with Gasteiger partial charge in [-0.25, -0.2) is 22.0 Å². The highest BCUT2D eigenvalue weighted by atomic mass is 32.2. The van der Waals surface area contributed by atoms with Gasteiger partial charge in [0.2, 0.25) is 10.0 Å². The van der Waals surface area contributed by atoms with Crippen LogP contribution in [0.3, 0.4) is 0 Å². The molecule has 1 aliphatic heterocycles. The Kier molecular flexibility index (Phi) is 6.47. The number of hydrogen-bond donors (Lipinski definition) is 0. The lowest BCUT2D eigenvalue weighted by molar-refractivity contribution is -0.135. The number of rotatable bonds is 5. The van der Waals surface area contributed by atoms with Crippen molar-refractivity contribution in [3.05, 3.63) is 65.2 Å². The lowest BCUT2D eigenvalue weighted by Crippen LogP contribution is -2.51. The minimum absolute atomic E-state index is 0.0997. The van der Waals surface area contributed by atoms with Crippen molar-refractivity contribution < 1.29 is 31.5 Å². The molecule has 1 aliphatic rings. The number of nitrogens with zero attached hydrogens (tertiary/aromatic N) is 2. The minimum Gasteiger partial charge on any atom is -0.452 e. The molecule has 1 amide bonds. The van der Waals surface area contributed by atoms with E-state index in [1.807, 2.05) is 6.92 Å². The van der Waals surface area contributed by atoms with Crippen LogP contribution in [-0.4, -0.2) is 62.3 Å². The van der Waals surface area contributed by atoms with E-state index in [1.165, 1.54) is 21.3 Å². The van der Waals surface area contributed by atoms with Gasteiger partial charge in [-0.05, 0) is 31.2 Å². The van der Waals surface area contributed by atoms with Gasteiger partial charge in [0.15, 0.2) is 6.61 Å². The Labute approximate surface area is 172 Å². The molecule has 2 aromatic rings. The van der Waals surface area contributed by atoms with Gasteiger partial charge in [-0.1, -0.05) is 17.7 Å². The van der Waals surface area contributed by atoms with Gasteiger partial charge in [-0.2, -0.15) is 4.31 Å². The third kappa shape index (κ3) is 4.82. The van der Waals surface area contributed by atoms with Gasteiger partial charge >= 0.3 is 5.97 Å². The Morgan fingerprint density at radius 2 is 1.63 bits per heavy atom. The van der Waals surface area contributed by atoms with Gasteiger partial charge in [0.1, 0.15) is 11.6 Å². The monoisotopic (exact) mass is 438 g/mol. The third-order valence-electron chi connectivity index (χ3n) is 4.73. The van der Waals surface area contributed by atoms with E-state index < -0.39 is 45.7 Å². The molecule has 1 fully saturated rings. The highest BCUT2D eigenvalue weighted by Gasteiger charge is 2.30. The molecule has 0 bridgehead atoms. The Bertz CT molecular complexity index is 1050. The van der Waals surface area contributed by atoms with E-state index in [-0.39, 0.29) is 31.1 Å². The molecule has 0 spiro atoms. The molecule has 0 unspecified atom stereocenters. The number of piperazine rings is 1. The van der Waals surface area contributed by atoms with Crippen molar-refractivity contribution in [1.29, 1.82) is 0 Å². The fourth-order valence-corrected chi connectivity index (χ4v) is 4.41. The smallest absolute Gasteiger partial charge is 0.341 e. The maximum absolute atomic E-state index is 13.6. The first kappa shape index (κ1) is 21.8. The molecule has 7 nitrogen and oxygen atoms in total. The Morgan fingerprint density at radius 3 is 2.23 bits per heavy atom. The van der Waals surface area contributed by atoms with E-state index in [0.717, 1.165) is 17.7 Å². The van der Waals surface area contributed by atoms with Gasteiger partial charge in [0.05, 0.1) is 10.5 Å². The van der Waals surface area contributed by atoms with Crippen molar-refractivity contribution in [2.45, 2.75) is 11.8 Å². The molecule has 1 heterocycles. The SMILES string of the molecule is Cc1ccc(S(=O)(=O)N2CCN(C(=O)COC(=O)c3ccc(F)cc3F)CC2)cc1. The first-order valence-electron chi connectivity index (χ1n) is 9.15. The molecule has 160 valence electrons. The Balaban J connectivity index is 1.54. The second-order valence-corrected chi connectivity index (χ2v) is 8.74. The fourth-order valence-electron chi connectivity index (χ4n) is 2.99. The zero-order valence-electron chi connectivity index (χ0n) is 16.2. The summed E-state index contributed by atoms with van der Waals surface area (Å²) in [7, 11) is -3.66. The van der Waals surface area contributed by atoms with Crippen LogP contribution in [0.2, 0.25) is 0 Å². The maximum Gasteiger partial charge on any atom is 0.341 e. The summed E-state index contributed by atoms with van der Waals surface area (Å²) in [5, 5.41) is 0. The van der Waals surface area contributed by atoms with Crippen molar-refractivity contribution >= 4 is 21.9 Å². The summed E-state index contributed by atoms with van der Waals surface area (Å²) in [5.74, 6) is -3.53. The van der Waals surface area contributed by atoms with Gasteiger partial charge in [-0.3, -0.25) is 4.79 Å². The van der Waals surface area contributed by atoms with Crippen molar-refractivity contribution in [1.82, 2.24) is 9.21 Å². The molecule has 0 aromatic heterocycles. The summed E-state index contributed by atoms with van der Waals surface area (Å²) in [6, 6.07) is 8.90. The number of aryl methyl sites for hydroxylation is 1. The molecule has 30 heavy (non-hydrogen) atoms. The average Bonchev–Trinajstić information content (AvgIpc) is 2.72. The van der Waals surface area contributed by atoms with E-state index >= 15 is 0 Å². The standard InChI is InChI=1S/C20H20F2N2O5S/c1-14-2-5-16(6-3-14)30(27,28)24-10-8-23(9-11-24)19(25)13-29-20(26)17-7-4-15(21)12-18(17)22/h2-7,12H,8-11,13H2,1H3. The predicted molar refractivity (Wildman–Crippen MR) is 103 cm³/mol. The van der Waals surface area contributed by atoms with E-state index in [4.69, 9.17) is 4.74 Å². The molecule has 0 N–H and O–H groups in total. The number of amides is 1. The molecule has 0 atom stereocenters. The number of carbonyl (C=O) groups is 2. The van der Waals surface area contributed by atoms with E-state index in [0.29, 0.717) is 6.07 Å². The minimum atomic E-state index is -3.66. The van der Waals surface area contributed by atoms with Crippen molar-refractivity contribution in [3.63, 3.8) is 0 Å². The van der Waals surface area contributed by atoms with Crippen LogP contribution in [0.1, 0.15) is 15.9 Å². The van der Waals surface area contributed by atoms with Crippen LogP contribution in [0.15, 0.2) is 47.4 Å². The second-order valence-electron chi connectivity index (χ2n) is 6.80. The molecule has 3 rings (SSSR count). The number of hydrogen-bond acceptors (Lipinski definition) is 5. The van der Waals surface area contributed by atoms with Crippen LogP contribution >= 0.6 is 0 Å². The van der Waals surface area contributed by atoms with Gasteiger partial charge in [0.25, 0.3) is 5.91 Å². The first-order valence-corrected chi connectivity index (χ1v) is 10.6. The molecule has 0 radical (unpaired) electrons. The summed E-state index contributed by atoms with van der Waals surface area (Å²) in [6.07, 6.45) is 0. The van der Waals surface area contributed by atoms with Crippen LogP contribution in [0, 0.1) is 18.6 Å². The number of halogens is 2. The number of carbonyl (C=O) groups excluding carboxylic acids is 2. The first-order chi connectivity index (χ1) is 14.2. The average molecular weight is 438 g/mol. The molecule has 0 saturated carbocycles. The number of ether oxygens (including phenoxy) is 1. The summed E-state index contributed by atoms with van der Waals surface area (Å²) in [6.45, 7) is 1.70. The van der Waals surface area contributed by atoms with Crippen molar-refractivity contribution in [2.24, 2.45) is 0 Å². The Hall–Kier alpha value is -2.85. The van der Waals surface area contributed by atoms with E-state index in [9.17, 15) is 26.8 Å². The molecular formula is C20H20F2N2O5S. The zero-order chi connectivity index (χ0) is 21.9. The molecule has 10 heteroatoms. The predicted octanol–water partition coefficient (Wildman–Crippen LogP) is 1.96. The van der Waals surface area contributed by atoms with Crippen LogP contribution in [-0.2, 0) is 19.6 Å². The molecule has 2 aromatic carbocycles. The van der Waals surface area contributed by atoms with Crippen LogP contribution in [0.4, 0.5) is 8.78 Å². The summed E-state index contributed by atoms with van der Waals surface area (Å²) >= 11 is 0. The van der Waals surface area contributed by atoms with E-state index in [1.54, 1.807) is 12.1 Å². The molecular weight excluding hydrogens is 418 g/mol. The van der Waals surface area contributed by atoms with Crippen LogP contribution in [0.5, 0.6) is 0 Å². The number of esters is 1. The highest BCUT2D eigenvalue weighted by molar-refractivity contribution is 7.89. The number of sulfonamides is 1. The summed E-state index contributed by atoms with van der Waals surface area (Å²) in [4.78, 5) is 25.7. The molecule has 0 aliphatic carbocycles. The topological polar surface area (TPSA) is 84.0 Å². The summed E-state index contributed by atoms with van der Waals surface area (Å²) in [5.41, 5.74) is 0.470. The maximum atomic E-state index is 13.6. The Morgan fingerprint density at radius 1 is 1.00 bits per heavy atom. The number of benzene rings is 2. The second kappa shape index (κ2) is 8.88. The zero-order valence-corrected chi connectivity index (χ0v) is 17.0. The van der Waals surface area contributed by atoms with Crippen molar-refractivity contribution in [2.75, 3.05) is 32.8 Å². The third-order valence-corrected chi connectivity index (χ3v) is 6.64. The lowest BCUT2D eigenvalue weighted by Gasteiger charge is -2.33.